The van der Waals surface area contributed by atoms with Gasteiger partial charge in [-0.05, 0) is 43.3 Å². The van der Waals surface area contributed by atoms with Crippen LogP contribution in [-0.2, 0) is 50.0 Å². The van der Waals surface area contributed by atoms with Crippen LogP contribution in [0.4, 0.5) is 24.5 Å². The number of hydroxylamine groups is 2. The van der Waals surface area contributed by atoms with Gasteiger partial charge in [0.2, 0.25) is 11.1 Å². The van der Waals surface area contributed by atoms with E-state index in [1.54, 1.807) is 39.5 Å². The Morgan fingerprint density at radius 2 is 1.87 bits per heavy atom. The number of halogens is 3. The highest BCUT2D eigenvalue weighted by Gasteiger charge is 2.33. The molecule has 3 aromatic rings. The average molecular weight is 671 g/mol. The van der Waals surface area contributed by atoms with Gasteiger partial charge in [0, 0.05) is 45.2 Å². The predicted molar refractivity (Wildman–Crippen MR) is 164 cm³/mol. The number of anilines is 2. The van der Waals surface area contributed by atoms with Crippen LogP contribution in [0.15, 0.2) is 59.3 Å². The van der Waals surface area contributed by atoms with Crippen molar-refractivity contribution in [2.45, 2.75) is 31.0 Å². The van der Waals surface area contributed by atoms with Gasteiger partial charge < -0.3 is 14.5 Å². The summed E-state index contributed by atoms with van der Waals surface area (Å²) in [6, 6.07) is 8.92. The van der Waals surface area contributed by atoms with Crippen molar-refractivity contribution < 1.29 is 43.9 Å². The fourth-order valence-electron chi connectivity index (χ4n) is 5.52. The quantitative estimate of drug-likeness (QED) is 0.254. The van der Waals surface area contributed by atoms with E-state index in [4.69, 9.17) is 9.02 Å². The molecule has 0 amide bonds. The molecule has 1 fully saturated rings. The Labute approximate surface area is 262 Å². The lowest BCUT2D eigenvalue weighted by Crippen LogP contribution is -2.36. The van der Waals surface area contributed by atoms with Crippen molar-refractivity contribution in [1.82, 2.24) is 9.63 Å². The maximum atomic E-state index is 13.5. The zero-order chi connectivity index (χ0) is 32.5. The van der Waals surface area contributed by atoms with Gasteiger partial charge in [0.1, 0.15) is 5.82 Å². The number of aryl methyl sites for hydroxylation is 2. The fraction of sp³-hybridized carbons (Fsp3) is 0.414. The molecule has 1 N–H and O–H groups in total. The van der Waals surface area contributed by atoms with E-state index in [1.807, 2.05) is 42.0 Å². The number of aromatic nitrogens is 2. The number of imidazole rings is 1. The van der Waals surface area contributed by atoms with E-state index >= 15 is 0 Å². The molecule has 0 spiro atoms. The minimum Gasteiger partial charge on any atom is -0.379 e. The van der Waals surface area contributed by atoms with Gasteiger partial charge in [-0.2, -0.15) is 30.9 Å². The van der Waals surface area contributed by atoms with E-state index in [2.05, 4.69) is 0 Å². The number of nitrogens with zero attached hydrogens (tertiary/aromatic N) is 5. The Morgan fingerprint density at radius 1 is 1.13 bits per heavy atom. The number of fused-ring (bicyclic) bond motifs is 2. The van der Waals surface area contributed by atoms with Crippen molar-refractivity contribution in [1.29, 1.82) is 0 Å². The standard InChI is InChI=1S/C29H34F3N5O6S2/c1-4-36-26-20-22(44(38)43-35-14-16-42-17-15-35)10-12-24(26)33(2)27(36)7-5-8-28-34(3)23-11-9-21(29(30,31)32)19-25(23)37(28)13-6-18-45(39,40)41/h5,7-12,19-20H,4,6,13-18H2,1-3H3/p+1. The summed E-state index contributed by atoms with van der Waals surface area (Å²) in [6.45, 7) is 4.72. The summed E-state index contributed by atoms with van der Waals surface area (Å²) >= 11 is -1.71. The molecule has 0 saturated carbocycles. The molecule has 5 rings (SSSR count). The van der Waals surface area contributed by atoms with Crippen LogP contribution in [0.2, 0.25) is 0 Å². The second-order valence-electron chi connectivity index (χ2n) is 10.6. The Kier molecular flexibility index (Phi) is 9.72. The maximum Gasteiger partial charge on any atom is 0.416 e. The molecule has 2 aliphatic rings. The van der Waals surface area contributed by atoms with Gasteiger partial charge in [-0.1, -0.05) is 6.08 Å². The molecule has 2 aromatic carbocycles. The van der Waals surface area contributed by atoms with Gasteiger partial charge in [-0.3, -0.25) is 4.55 Å². The molecule has 3 heterocycles. The van der Waals surface area contributed by atoms with Crippen LogP contribution >= 0.6 is 0 Å². The fourth-order valence-corrected chi connectivity index (χ4v) is 6.83. The topological polar surface area (TPSA) is 108 Å². The summed E-state index contributed by atoms with van der Waals surface area (Å²) in [5.41, 5.74) is 1.74. The van der Waals surface area contributed by atoms with Crippen molar-refractivity contribution in [3.05, 3.63) is 65.8 Å². The maximum absolute atomic E-state index is 13.5. The molecule has 0 radical (unpaired) electrons. The minimum atomic E-state index is -4.55. The summed E-state index contributed by atoms with van der Waals surface area (Å²) in [7, 11) is -0.620. The van der Waals surface area contributed by atoms with Crippen LogP contribution < -0.4 is 14.4 Å². The van der Waals surface area contributed by atoms with Crippen LogP contribution in [-0.4, -0.2) is 72.5 Å². The summed E-state index contributed by atoms with van der Waals surface area (Å²) in [4.78, 5) is 4.55. The molecule has 1 saturated heterocycles. The molecular formula is C29H35F3N5O6S2+. The molecule has 11 nitrogen and oxygen atoms in total. The average Bonchev–Trinajstić information content (AvgIpc) is 3.41. The van der Waals surface area contributed by atoms with Gasteiger partial charge in [-0.15, -0.1) is 0 Å². The summed E-state index contributed by atoms with van der Waals surface area (Å²) in [6.07, 6.45) is 0.838. The Bertz CT molecular complexity index is 1770. The van der Waals surface area contributed by atoms with E-state index in [0.717, 1.165) is 29.3 Å². The summed E-state index contributed by atoms with van der Waals surface area (Å²) < 4.78 is 99.8. The van der Waals surface area contributed by atoms with Crippen LogP contribution in [0.1, 0.15) is 24.7 Å². The molecule has 0 aliphatic carbocycles. The van der Waals surface area contributed by atoms with E-state index < -0.39 is 38.7 Å². The van der Waals surface area contributed by atoms with Gasteiger partial charge in [0.05, 0.1) is 54.4 Å². The van der Waals surface area contributed by atoms with Crippen molar-refractivity contribution in [2.75, 3.05) is 55.4 Å². The second kappa shape index (κ2) is 13.2. The number of benzene rings is 2. The lowest BCUT2D eigenvalue weighted by Gasteiger charge is -2.24. The Balaban J connectivity index is 1.45. The van der Waals surface area contributed by atoms with Crippen molar-refractivity contribution in [2.24, 2.45) is 7.05 Å². The van der Waals surface area contributed by atoms with Gasteiger partial charge >= 0.3 is 6.18 Å². The number of rotatable bonds is 10. The third-order valence-electron chi connectivity index (χ3n) is 7.72. The Morgan fingerprint density at radius 3 is 2.53 bits per heavy atom. The van der Waals surface area contributed by atoms with Gasteiger partial charge in [0.25, 0.3) is 15.9 Å². The normalized spacial score (nSPS) is 18.1. The molecule has 2 aliphatic heterocycles. The number of alkyl halides is 3. The number of allylic oxidation sites excluding steroid dienone is 2. The molecular weight excluding hydrogens is 635 g/mol. The number of hydrogen-bond donors (Lipinski definition) is 1. The highest BCUT2D eigenvalue weighted by atomic mass is 32.2. The van der Waals surface area contributed by atoms with Crippen molar-refractivity contribution in [3.63, 3.8) is 0 Å². The van der Waals surface area contributed by atoms with Gasteiger partial charge in [-0.25, -0.2) is 13.3 Å². The first-order chi connectivity index (χ1) is 21.3. The minimum absolute atomic E-state index is 0.00139. The smallest absolute Gasteiger partial charge is 0.379 e. The predicted octanol–water partition coefficient (Wildman–Crippen LogP) is 3.88. The highest BCUT2D eigenvalue weighted by Crippen LogP contribution is 2.41. The third kappa shape index (κ3) is 7.26. The third-order valence-corrected chi connectivity index (χ3v) is 9.51. The number of ether oxygens (including phenoxy) is 1. The first kappa shape index (κ1) is 33.1. The van der Waals surface area contributed by atoms with E-state index in [9.17, 15) is 30.4 Å². The largest absolute Gasteiger partial charge is 0.416 e. The van der Waals surface area contributed by atoms with Gasteiger partial charge in [0.15, 0.2) is 11.0 Å². The molecule has 244 valence electrons. The SMILES string of the molecule is CCN1/C(=C/C=C/c2n(CCCS(=O)(=O)O)c3cc(C(F)(F)F)ccc3[n+]2C)N(C)c2ccc(S(=O)ON3CCOCC3)cc21. The number of hydrogen-bond acceptors (Lipinski definition) is 8. The molecule has 45 heavy (non-hydrogen) atoms. The van der Waals surface area contributed by atoms with E-state index in [1.165, 1.54) is 6.07 Å². The summed E-state index contributed by atoms with van der Waals surface area (Å²) in [5, 5.41) is 1.64. The van der Waals surface area contributed by atoms with Crippen LogP contribution in [0.25, 0.3) is 17.1 Å². The molecule has 1 aromatic heterocycles. The molecule has 1 atom stereocenters. The first-order valence-corrected chi connectivity index (χ1v) is 17.0. The van der Waals surface area contributed by atoms with E-state index in [0.29, 0.717) is 49.1 Å². The first-order valence-electron chi connectivity index (χ1n) is 14.3. The zero-order valence-electron chi connectivity index (χ0n) is 25.0. The van der Waals surface area contributed by atoms with Crippen LogP contribution in [0.5, 0.6) is 0 Å². The number of morpholine rings is 1. The monoisotopic (exact) mass is 670 g/mol. The lowest BCUT2D eigenvalue weighted by molar-refractivity contribution is -0.647. The Hall–Kier alpha value is -3.28. The van der Waals surface area contributed by atoms with Crippen LogP contribution in [0.3, 0.4) is 0 Å². The van der Waals surface area contributed by atoms with Crippen molar-refractivity contribution in [3.8, 4) is 0 Å². The zero-order valence-corrected chi connectivity index (χ0v) is 26.7. The molecule has 0 bridgehead atoms. The van der Waals surface area contributed by atoms with E-state index in [-0.39, 0.29) is 18.5 Å². The molecule has 16 heteroatoms. The van der Waals surface area contributed by atoms with Crippen molar-refractivity contribution >= 4 is 49.7 Å². The molecule has 1 unspecified atom stereocenters. The summed E-state index contributed by atoms with van der Waals surface area (Å²) in [5.74, 6) is 0.828. The second-order valence-corrected chi connectivity index (χ2v) is 13.3. The highest BCUT2D eigenvalue weighted by molar-refractivity contribution is 7.85. The lowest BCUT2D eigenvalue weighted by atomic mass is 10.2. The van der Waals surface area contributed by atoms with Crippen LogP contribution in [0, 0.1) is 0 Å².